The summed E-state index contributed by atoms with van der Waals surface area (Å²) in [6.45, 7) is 3.86. The predicted molar refractivity (Wildman–Crippen MR) is 125 cm³/mol. The van der Waals surface area contributed by atoms with Gasteiger partial charge in [-0.3, -0.25) is 4.98 Å². The molecule has 2 atom stereocenters. The molecule has 34 heavy (non-hydrogen) atoms. The average Bonchev–Trinajstić information content (AvgIpc) is 2.82. The number of aromatic nitrogens is 1. The van der Waals surface area contributed by atoms with Gasteiger partial charge < -0.3 is 10.1 Å². The first kappa shape index (κ1) is 23.7. The van der Waals surface area contributed by atoms with E-state index < -0.39 is 11.7 Å². The smallest absolute Gasteiger partial charge is 0.416 e. The third-order valence-corrected chi connectivity index (χ3v) is 5.82. The lowest BCUT2D eigenvalue weighted by molar-refractivity contribution is -0.137. The summed E-state index contributed by atoms with van der Waals surface area (Å²) in [7, 11) is 1.49. The van der Waals surface area contributed by atoms with Gasteiger partial charge in [-0.1, -0.05) is 36.4 Å². The molecular formula is C27H24F4N2O. The predicted octanol–water partition coefficient (Wildman–Crippen LogP) is 7.48. The number of ether oxygens (including phenoxy) is 1. The summed E-state index contributed by atoms with van der Waals surface area (Å²) in [4.78, 5) is 4.82. The number of hydrogen-bond acceptors (Lipinski definition) is 3. The number of rotatable bonds is 6. The molecule has 1 heterocycles. The molecule has 176 valence electrons. The van der Waals surface area contributed by atoms with Gasteiger partial charge in [-0.25, -0.2) is 4.39 Å². The van der Waals surface area contributed by atoms with Crippen LogP contribution in [0.25, 0.3) is 22.0 Å². The summed E-state index contributed by atoms with van der Waals surface area (Å²) >= 11 is 0. The minimum absolute atomic E-state index is 0.206. The normalized spacial score (nSPS) is 13.6. The van der Waals surface area contributed by atoms with Crippen LogP contribution in [0.1, 0.15) is 42.8 Å². The van der Waals surface area contributed by atoms with Crippen LogP contribution in [-0.4, -0.2) is 12.1 Å². The van der Waals surface area contributed by atoms with Crippen molar-refractivity contribution in [3.63, 3.8) is 0 Å². The second-order valence-electron chi connectivity index (χ2n) is 8.23. The molecule has 0 aliphatic rings. The van der Waals surface area contributed by atoms with E-state index in [9.17, 15) is 17.6 Å². The molecule has 0 fully saturated rings. The first-order valence-electron chi connectivity index (χ1n) is 10.8. The number of fused-ring (bicyclic) bond motifs is 1. The maximum absolute atomic E-state index is 14.0. The van der Waals surface area contributed by atoms with E-state index in [1.54, 1.807) is 6.07 Å². The molecule has 0 amide bonds. The molecule has 1 unspecified atom stereocenters. The van der Waals surface area contributed by atoms with E-state index in [2.05, 4.69) is 5.32 Å². The minimum Gasteiger partial charge on any atom is -0.497 e. The van der Waals surface area contributed by atoms with Crippen molar-refractivity contribution in [1.29, 1.82) is 0 Å². The van der Waals surface area contributed by atoms with Crippen LogP contribution in [0.4, 0.5) is 17.6 Å². The monoisotopic (exact) mass is 468 g/mol. The van der Waals surface area contributed by atoms with E-state index in [0.29, 0.717) is 17.0 Å². The van der Waals surface area contributed by atoms with Gasteiger partial charge in [0.2, 0.25) is 0 Å². The fourth-order valence-corrected chi connectivity index (χ4v) is 3.99. The Morgan fingerprint density at radius 1 is 0.882 bits per heavy atom. The number of hydrogen-bond donors (Lipinski definition) is 1. The van der Waals surface area contributed by atoms with Crippen molar-refractivity contribution in [2.24, 2.45) is 0 Å². The van der Waals surface area contributed by atoms with E-state index >= 15 is 0 Å². The van der Waals surface area contributed by atoms with E-state index in [0.717, 1.165) is 34.2 Å². The molecule has 7 heteroatoms. The third-order valence-electron chi connectivity index (χ3n) is 5.82. The Balaban J connectivity index is 1.69. The number of nitrogens with zero attached hydrogens (tertiary/aromatic N) is 1. The first-order chi connectivity index (χ1) is 16.2. The second kappa shape index (κ2) is 9.43. The Labute approximate surface area is 195 Å². The molecule has 0 saturated carbocycles. The Hall–Kier alpha value is -3.45. The second-order valence-corrected chi connectivity index (χ2v) is 8.23. The zero-order valence-corrected chi connectivity index (χ0v) is 19.0. The van der Waals surface area contributed by atoms with Gasteiger partial charge in [0, 0.05) is 29.1 Å². The van der Waals surface area contributed by atoms with E-state index in [1.807, 2.05) is 44.2 Å². The third kappa shape index (κ3) is 5.04. The van der Waals surface area contributed by atoms with Crippen molar-refractivity contribution in [2.45, 2.75) is 32.1 Å². The molecule has 4 rings (SSSR count). The summed E-state index contributed by atoms with van der Waals surface area (Å²) < 4.78 is 58.2. The van der Waals surface area contributed by atoms with Gasteiger partial charge in [-0.05, 0) is 55.1 Å². The average molecular weight is 468 g/mol. The molecule has 0 aliphatic heterocycles. The van der Waals surface area contributed by atoms with Crippen LogP contribution in [0.5, 0.6) is 5.75 Å². The van der Waals surface area contributed by atoms with Gasteiger partial charge in [0.1, 0.15) is 11.6 Å². The summed E-state index contributed by atoms with van der Waals surface area (Å²) in [5.41, 5.74) is 1.96. The van der Waals surface area contributed by atoms with Crippen molar-refractivity contribution in [3.8, 4) is 17.0 Å². The maximum atomic E-state index is 14.0. The molecule has 0 saturated heterocycles. The Kier molecular flexibility index (Phi) is 6.57. The van der Waals surface area contributed by atoms with Crippen LogP contribution in [0, 0.1) is 5.82 Å². The zero-order chi connectivity index (χ0) is 24.5. The Morgan fingerprint density at radius 3 is 2.26 bits per heavy atom. The highest BCUT2D eigenvalue weighted by molar-refractivity contribution is 5.94. The summed E-state index contributed by atoms with van der Waals surface area (Å²) in [5, 5.41) is 5.21. The number of methoxy groups -OCH3 is 1. The standard InChI is InChI=1S/C27H24F4N2O/c1-16(20-12-22(28)15-23(13-20)34-3)32-17(2)25-14-19-6-4-5-7-24(19)26(33-25)18-8-10-21(11-9-18)27(29,30)31/h4-17,32H,1-3H3/t16-,17?/m1/s1. The summed E-state index contributed by atoms with van der Waals surface area (Å²) in [6.07, 6.45) is -4.40. The van der Waals surface area contributed by atoms with Gasteiger partial charge in [-0.2, -0.15) is 13.2 Å². The maximum Gasteiger partial charge on any atom is 0.416 e. The Morgan fingerprint density at radius 2 is 1.59 bits per heavy atom. The van der Waals surface area contributed by atoms with Crippen LogP contribution in [0.2, 0.25) is 0 Å². The molecule has 3 nitrogen and oxygen atoms in total. The SMILES string of the molecule is COc1cc(F)cc([C@@H](C)NC(C)c2cc3ccccc3c(-c3ccc(C(F)(F)F)cc3)n2)c1. The molecule has 0 bridgehead atoms. The number of alkyl halides is 3. The zero-order valence-electron chi connectivity index (χ0n) is 19.0. The van der Waals surface area contributed by atoms with E-state index in [-0.39, 0.29) is 17.9 Å². The van der Waals surface area contributed by atoms with Gasteiger partial charge in [0.05, 0.1) is 24.1 Å². The minimum atomic E-state index is -4.40. The van der Waals surface area contributed by atoms with E-state index in [4.69, 9.17) is 9.72 Å². The van der Waals surface area contributed by atoms with Crippen LogP contribution >= 0.6 is 0 Å². The molecule has 0 spiro atoms. The molecule has 4 aromatic rings. The van der Waals surface area contributed by atoms with Gasteiger partial charge in [0.25, 0.3) is 0 Å². The quantitative estimate of drug-likeness (QED) is 0.298. The number of halogens is 4. The lowest BCUT2D eigenvalue weighted by Gasteiger charge is -2.22. The van der Waals surface area contributed by atoms with Gasteiger partial charge >= 0.3 is 6.18 Å². The number of nitrogens with one attached hydrogen (secondary N) is 1. The summed E-state index contributed by atoms with van der Waals surface area (Å²) in [5.74, 6) is 0.0498. The highest BCUT2D eigenvalue weighted by Gasteiger charge is 2.30. The fraction of sp³-hybridized carbons (Fsp3) is 0.222. The number of pyridine rings is 1. The van der Waals surface area contributed by atoms with Crippen molar-refractivity contribution in [1.82, 2.24) is 10.3 Å². The van der Waals surface area contributed by atoms with Crippen molar-refractivity contribution in [2.75, 3.05) is 7.11 Å². The lowest BCUT2D eigenvalue weighted by atomic mass is 10.00. The van der Waals surface area contributed by atoms with Crippen LogP contribution in [-0.2, 0) is 6.18 Å². The van der Waals surface area contributed by atoms with Gasteiger partial charge in [-0.15, -0.1) is 0 Å². The largest absolute Gasteiger partial charge is 0.497 e. The molecule has 1 aromatic heterocycles. The molecule has 1 N–H and O–H groups in total. The molecule has 3 aromatic carbocycles. The van der Waals surface area contributed by atoms with Crippen molar-refractivity contribution in [3.05, 3.63) is 95.4 Å². The van der Waals surface area contributed by atoms with Crippen molar-refractivity contribution >= 4 is 10.8 Å². The molecule has 0 aliphatic carbocycles. The lowest BCUT2D eigenvalue weighted by Crippen LogP contribution is -2.23. The van der Waals surface area contributed by atoms with Gasteiger partial charge in [0.15, 0.2) is 0 Å². The van der Waals surface area contributed by atoms with Crippen molar-refractivity contribution < 1.29 is 22.3 Å². The number of benzene rings is 3. The highest BCUT2D eigenvalue weighted by Crippen LogP contribution is 2.34. The summed E-state index contributed by atoms with van der Waals surface area (Å²) in [6, 6.07) is 18.7. The van der Waals surface area contributed by atoms with Crippen LogP contribution in [0.15, 0.2) is 72.8 Å². The first-order valence-corrected chi connectivity index (χ1v) is 10.8. The fourth-order valence-electron chi connectivity index (χ4n) is 3.99. The van der Waals surface area contributed by atoms with Crippen LogP contribution < -0.4 is 10.1 Å². The topological polar surface area (TPSA) is 34.1 Å². The Bertz CT molecular complexity index is 1300. The highest BCUT2D eigenvalue weighted by atomic mass is 19.4. The molecular weight excluding hydrogens is 444 g/mol. The van der Waals surface area contributed by atoms with Crippen LogP contribution in [0.3, 0.4) is 0 Å². The molecule has 0 radical (unpaired) electrons. The van der Waals surface area contributed by atoms with E-state index in [1.165, 1.54) is 31.4 Å².